The highest BCUT2D eigenvalue weighted by Gasteiger charge is 2.34. The number of hydrogen-bond donors (Lipinski definition) is 1. The van der Waals surface area contributed by atoms with Gasteiger partial charge >= 0.3 is 5.97 Å². The van der Waals surface area contributed by atoms with Crippen LogP contribution in [0.3, 0.4) is 0 Å². The van der Waals surface area contributed by atoms with Gasteiger partial charge in [-0.15, -0.1) is 0 Å². The van der Waals surface area contributed by atoms with Crippen LogP contribution in [0.2, 0.25) is 0 Å². The third-order valence-electron chi connectivity index (χ3n) is 5.34. The molecule has 0 amide bonds. The number of carbonyl (C=O) groups excluding carboxylic acids is 1. The predicted octanol–water partition coefficient (Wildman–Crippen LogP) is 1.79. The monoisotopic (exact) mass is 280 g/mol. The molecule has 0 aliphatic carbocycles. The number of rotatable bonds is 3. The highest BCUT2D eigenvalue weighted by molar-refractivity contribution is 5.72. The van der Waals surface area contributed by atoms with E-state index in [-0.39, 0.29) is 11.9 Å². The van der Waals surface area contributed by atoms with Crippen molar-refractivity contribution in [3.05, 3.63) is 0 Å². The molecular weight excluding hydrogens is 252 g/mol. The van der Waals surface area contributed by atoms with Crippen LogP contribution in [0, 0.1) is 11.8 Å². The number of piperidine rings is 3. The smallest absolute Gasteiger partial charge is 0.309 e. The summed E-state index contributed by atoms with van der Waals surface area (Å²) in [5.41, 5.74) is 0. The molecule has 3 rings (SSSR count). The zero-order valence-electron chi connectivity index (χ0n) is 12.5. The number of nitrogens with one attached hydrogen (secondary N) is 1. The molecule has 1 N–H and O–H groups in total. The Balaban J connectivity index is 1.48. The molecule has 4 nitrogen and oxygen atoms in total. The van der Waals surface area contributed by atoms with E-state index in [4.69, 9.17) is 4.74 Å². The predicted molar refractivity (Wildman–Crippen MR) is 78.5 cm³/mol. The van der Waals surface area contributed by atoms with Crippen LogP contribution in [-0.4, -0.2) is 49.7 Å². The molecule has 0 aromatic carbocycles. The van der Waals surface area contributed by atoms with Gasteiger partial charge in [0.05, 0.1) is 12.5 Å². The average Bonchev–Trinajstić information content (AvgIpc) is 2.53. The van der Waals surface area contributed by atoms with Gasteiger partial charge in [-0.1, -0.05) is 6.42 Å². The second kappa shape index (κ2) is 6.90. The third-order valence-corrected chi connectivity index (χ3v) is 5.34. The lowest BCUT2D eigenvalue weighted by atomic mass is 9.84. The molecule has 2 atom stereocenters. The lowest BCUT2D eigenvalue weighted by Gasteiger charge is -2.44. The zero-order valence-corrected chi connectivity index (χ0v) is 12.5. The van der Waals surface area contributed by atoms with Gasteiger partial charge in [-0.25, -0.2) is 0 Å². The molecule has 4 heteroatoms. The number of nitrogens with zero attached hydrogens (tertiary/aromatic N) is 1. The van der Waals surface area contributed by atoms with Gasteiger partial charge in [-0.05, 0) is 64.7 Å². The van der Waals surface area contributed by atoms with Crippen LogP contribution in [0.1, 0.15) is 44.9 Å². The fraction of sp³-hybridized carbons (Fsp3) is 0.938. The topological polar surface area (TPSA) is 41.6 Å². The van der Waals surface area contributed by atoms with Crippen molar-refractivity contribution in [3.63, 3.8) is 0 Å². The molecule has 0 radical (unpaired) electrons. The van der Waals surface area contributed by atoms with Gasteiger partial charge < -0.3 is 10.1 Å². The summed E-state index contributed by atoms with van der Waals surface area (Å²) in [5, 5.41) is 3.30. The summed E-state index contributed by atoms with van der Waals surface area (Å²) in [6.45, 7) is 5.08. The fourth-order valence-corrected chi connectivity index (χ4v) is 4.14. The van der Waals surface area contributed by atoms with Crippen molar-refractivity contribution in [1.29, 1.82) is 0 Å². The molecule has 3 heterocycles. The van der Waals surface area contributed by atoms with Gasteiger partial charge in [0.1, 0.15) is 0 Å². The normalized spacial score (nSPS) is 32.6. The van der Waals surface area contributed by atoms with E-state index in [2.05, 4.69) is 10.2 Å². The van der Waals surface area contributed by atoms with Crippen molar-refractivity contribution < 1.29 is 9.53 Å². The Morgan fingerprint density at radius 2 is 1.85 bits per heavy atom. The molecule has 3 aliphatic rings. The Labute approximate surface area is 122 Å². The van der Waals surface area contributed by atoms with Crippen molar-refractivity contribution in [1.82, 2.24) is 10.2 Å². The molecule has 0 aromatic rings. The molecule has 0 saturated carbocycles. The van der Waals surface area contributed by atoms with E-state index in [0.717, 1.165) is 25.9 Å². The van der Waals surface area contributed by atoms with E-state index < -0.39 is 0 Å². The van der Waals surface area contributed by atoms with Crippen LogP contribution in [0.5, 0.6) is 0 Å². The molecule has 114 valence electrons. The van der Waals surface area contributed by atoms with Crippen molar-refractivity contribution in [3.8, 4) is 0 Å². The summed E-state index contributed by atoms with van der Waals surface area (Å²) in [6, 6.07) is 0.679. The van der Waals surface area contributed by atoms with Gasteiger partial charge in [0.25, 0.3) is 0 Å². The fourth-order valence-electron chi connectivity index (χ4n) is 4.14. The Morgan fingerprint density at radius 1 is 1.05 bits per heavy atom. The molecule has 0 bridgehead atoms. The van der Waals surface area contributed by atoms with Crippen LogP contribution in [0.4, 0.5) is 0 Å². The van der Waals surface area contributed by atoms with Crippen molar-refractivity contribution >= 4 is 5.97 Å². The minimum atomic E-state index is 0.0550. The summed E-state index contributed by atoms with van der Waals surface area (Å²) in [4.78, 5) is 14.8. The van der Waals surface area contributed by atoms with Crippen molar-refractivity contribution in [2.45, 2.75) is 51.0 Å². The molecule has 3 aliphatic heterocycles. The number of hydrogen-bond acceptors (Lipinski definition) is 4. The zero-order chi connectivity index (χ0) is 13.8. The molecule has 0 unspecified atom stereocenters. The highest BCUT2D eigenvalue weighted by atomic mass is 16.5. The maximum Gasteiger partial charge on any atom is 0.309 e. The van der Waals surface area contributed by atoms with Gasteiger partial charge in [0, 0.05) is 12.0 Å². The van der Waals surface area contributed by atoms with Gasteiger partial charge in [-0.2, -0.15) is 0 Å². The average molecular weight is 280 g/mol. The Bertz CT molecular complexity index is 326. The Kier molecular flexibility index (Phi) is 4.94. The van der Waals surface area contributed by atoms with Gasteiger partial charge in [-0.3, -0.25) is 9.69 Å². The molecular formula is C16H28N2O2. The molecule has 0 aromatic heterocycles. The van der Waals surface area contributed by atoms with Crippen molar-refractivity contribution in [2.24, 2.45) is 11.8 Å². The lowest BCUT2D eigenvalue weighted by molar-refractivity contribution is -0.152. The quantitative estimate of drug-likeness (QED) is 0.800. The standard InChI is InChI=1S/C16H28N2O2/c19-16(13-6-8-17-9-7-13)20-12-14-4-3-11-18-10-2-1-5-15(14)18/h13-15,17H,1-12H2/t14-,15-/m0/s1. The summed E-state index contributed by atoms with van der Waals surface area (Å²) in [7, 11) is 0. The first kappa shape index (κ1) is 14.3. The van der Waals surface area contributed by atoms with Crippen LogP contribution in [0.25, 0.3) is 0 Å². The summed E-state index contributed by atoms with van der Waals surface area (Å²) in [5.74, 6) is 0.774. The third kappa shape index (κ3) is 3.34. The molecule has 3 fully saturated rings. The minimum Gasteiger partial charge on any atom is -0.465 e. The molecule has 3 saturated heterocycles. The van der Waals surface area contributed by atoms with E-state index in [9.17, 15) is 4.79 Å². The summed E-state index contributed by atoms with van der Waals surface area (Å²) < 4.78 is 5.68. The minimum absolute atomic E-state index is 0.0550. The number of ether oxygens (including phenoxy) is 1. The van der Waals surface area contributed by atoms with E-state index in [1.54, 1.807) is 0 Å². The number of carbonyl (C=O) groups is 1. The van der Waals surface area contributed by atoms with Gasteiger partial charge in [0.2, 0.25) is 0 Å². The van der Waals surface area contributed by atoms with Crippen LogP contribution in [0.15, 0.2) is 0 Å². The van der Waals surface area contributed by atoms with Gasteiger partial charge in [0.15, 0.2) is 0 Å². The molecule has 0 spiro atoms. The van der Waals surface area contributed by atoms with E-state index in [1.807, 2.05) is 0 Å². The summed E-state index contributed by atoms with van der Waals surface area (Å²) >= 11 is 0. The van der Waals surface area contributed by atoms with E-state index in [1.165, 1.54) is 45.2 Å². The molecule has 20 heavy (non-hydrogen) atoms. The second-order valence-electron chi connectivity index (χ2n) is 6.66. The largest absolute Gasteiger partial charge is 0.465 e. The van der Waals surface area contributed by atoms with Crippen molar-refractivity contribution in [2.75, 3.05) is 32.8 Å². The highest BCUT2D eigenvalue weighted by Crippen LogP contribution is 2.31. The first-order chi connectivity index (χ1) is 9.84. The van der Waals surface area contributed by atoms with E-state index >= 15 is 0 Å². The maximum absolute atomic E-state index is 12.1. The van der Waals surface area contributed by atoms with Crippen LogP contribution >= 0.6 is 0 Å². The van der Waals surface area contributed by atoms with E-state index in [0.29, 0.717) is 18.6 Å². The SMILES string of the molecule is O=C(OC[C@@H]1CCCN2CCCC[C@@H]12)C1CCNCC1. The maximum atomic E-state index is 12.1. The first-order valence-corrected chi connectivity index (χ1v) is 8.46. The van der Waals surface area contributed by atoms with Crippen LogP contribution < -0.4 is 5.32 Å². The summed E-state index contributed by atoms with van der Waals surface area (Å²) in [6.07, 6.45) is 8.39. The Hall–Kier alpha value is -0.610. The number of esters is 1. The van der Waals surface area contributed by atoms with Crippen LogP contribution in [-0.2, 0) is 9.53 Å². The first-order valence-electron chi connectivity index (χ1n) is 8.46. The lowest BCUT2D eigenvalue weighted by Crippen LogP contribution is -2.49. The second-order valence-corrected chi connectivity index (χ2v) is 6.66. The Morgan fingerprint density at radius 3 is 2.70 bits per heavy atom. The number of fused-ring (bicyclic) bond motifs is 1.